The second-order valence-electron chi connectivity index (χ2n) is 2.11. The van der Waals surface area contributed by atoms with Gasteiger partial charge >= 0.3 is 6.92 Å². The molecule has 1 heterocycles. The summed E-state index contributed by atoms with van der Waals surface area (Å²) in [5, 5.41) is 8.94. The average molecular weight is 139 g/mol. The molecule has 1 aromatic rings. The Morgan fingerprint density at radius 3 is 2.70 bits per heavy atom. The molecule has 4 heteroatoms. The first-order valence-corrected chi connectivity index (χ1v) is 2.98. The molecule has 0 saturated heterocycles. The molecule has 0 aliphatic heterocycles. The van der Waals surface area contributed by atoms with Crippen LogP contribution in [0.3, 0.4) is 0 Å². The van der Waals surface area contributed by atoms with Crippen LogP contribution in [0, 0.1) is 5.82 Å². The lowest BCUT2D eigenvalue weighted by Crippen LogP contribution is -2.26. The fraction of sp³-hybridized carbons (Fsp3) is 0.167. The Bertz CT molecular complexity index is 229. The lowest BCUT2D eigenvalue weighted by Gasteiger charge is -1.97. The van der Waals surface area contributed by atoms with Crippen molar-refractivity contribution < 1.29 is 9.41 Å². The van der Waals surface area contributed by atoms with Crippen molar-refractivity contribution in [2.45, 2.75) is 6.82 Å². The molecule has 52 valence electrons. The second kappa shape index (κ2) is 2.79. The summed E-state index contributed by atoms with van der Waals surface area (Å²) in [4.78, 5) is 3.57. The van der Waals surface area contributed by atoms with Crippen LogP contribution in [0.15, 0.2) is 18.5 Å². The summed E-state index contributed by atoms with van der Waals surface area (Å²) < 4.78 is 12.4. The number of rotatable bonds is 1. The van der Waals surface area contributed by atoms with Gasteiger partial charge in [0.1, 0.15) is 5.82 Å². The van der Waals surface area contributed by atoms with E-state index in [0.29, 0.717) is 5.46 Å². The number of hydrogen-bond donors (Lipinski definition) is 1. The normalized spacial score (nSPS) is 9.50. The molecular formula is C6H7BFNO. The molecule has 1 aromatic heterocycles. The summed E-state index contributed by atoms with van der Waals surface area (Å²) in [5.74, 6) is -0.418. The third-order valence-electron chi connectivity index (χ3n) is 1.21. The highest BCUT2D eigenvalue weighted by molar-refractivity contribution is 6.64. The quantitative estimate of drug-likeness (QED) is 0.557. The second-order valence-corrected chi connectivity index (χ2v) is 2.11. The summed E-state index contributed by atoms with van der Waals surface area (Å²) in [5.41, 5.74) is 0.500. The molecule has 0 bridgehead atoms. The highest BCUT2D eigenvalue weighted by atomic mass is 19.1. The van der Waals surface area contributed by atoms with Crippen molar-refractivity contribution in [3.05, 3.63) is 24.3 Å². The Balaban J connectivity index is 2.96. The van der Waals surface area contributed by atoms with Crippen molar-refractivity contribution in [1.82, 2.24) is 4.98 Å². The van der Waals surface area contributed by atoms with E-state index in [-0.39, 0.29) is 0 Å². The zero-order valence-electron chi connectivity index (χ0n) is 5.58. The van der Waals surface area contributed by atoms with Gasteiger partial charge in [0.15, 0.2) is 0 Å². The molecule has 0 spiro atoms. The molecule has 0 saturated carbocycles. The lowest BCUT2D eigenvalue weighted by molar-refractivity contribution is 0.590. The van der Waals surface area contributed by atoms with Crippen LogP contribution in [0.2, 0.25) is 6.82 Å². The van der Waals surface area contributed by atoms with Crippen molar-refractivity contribution in [2.75, 3.05) is 0 Å². The van der Waals surface area contributed by atoms with Gasteiger partial charge in [-0.25, -0.2) is 4.39 Å². The highest BCUT2D eigenvalue weighted by Gasteiger charge is 2.06. The first kappa shape index (κ1) is 7.21. The van der Waals surface area contributed by atoms with Crippen molar-refractivity contribution in [3.63, 3.8) is 0 Å². The Morgan fingerprint density at radius 1 is 1.60 bits per heavy atom. The molecule has 2 nitrogen and oxygen atoms in total. The SMILES string of the molecule is CB(O)c1cncc(F)c1. The molecule has 0 fully saturated rings. The van der Waals surface area contributed by atoms with Gasteiger partial charge in [-0.15, -0.1) is 0 Å². The molecule has 0 amide bonds. The number of hydrogen-bond acceptors (Lipinski definition) is 2. The Morgan fingerprint density at radius 2 is 2.30 bits per heavy atom. The van der Waals surface area contributed by atoms with Crippen molar-refractivity contribution in [3.8, 4) is 0 Å². The Labute approximate surface area is 58.8 Å². The predicted octanol–water partition coefficient (Wildman–Crippen LogP) is 0.0413. The van der Waals surface area contributed by atoms with Gasteiger partial charge in [-0.2, -0.15) is 0 Å². The topological polar surface area (TPSA) is 33.1 Å². The van der Waals surface area contributed by atoms with Gasteiger partial charge in [0.2, 0.25) is 0 Å². The van der Waals surface area contributed by atoms with E-state index in [9.17, 15) is 4.39 Å². The largest absolute Gasteiger partial charge is 0.446 e. The van der Waals surface area contributed by atoms with E-state index in [0.717, 1.165) is 6.20 Å². The summed E-state index contributed by atoms with van der Waals surface area (Å²) in [6.07, 6.45) is 2.54. The van der Waals surface area contributed by atoms with Gasteiger partial charge in [-0.05, 0) is 11.5 Å². The molecule has 0 aliphatic carbocycles. The smallest absolute Gasteiger partial charge is 0.322 e. The van der Waals surface area contributed by atoms with Crippen molar-refractivity contribution in [2.24, 2.45) is 0 Å². The molecule has 0 aromatic carbocycles. The minimum atomic E-state index is -0.650. The van der Waals surface area contributed by atoms with Gasteiger partial charge in [0.25, 0.3) is 0 Å². The Kier molecular flexibility index (Phi) is 2.01. The van der Waals surface area contributed by atoms with Gasteiger partial charge < -0.3 is 5.02 Å². The van der Waals surface area contributed by atoms with Crippen LogP contribution >= 0.6 is 0 Å². The Hall–Kier alpha value is -0.895. The third kappa shape index (κ3) is 1.54. The summed E-state index contributed by atoms with van der Waals surface area (Å²) in [6, 6.07) is 1.26. The predicted molar refractivity (Wildman–Crippen MR) is 37.7 cm³/mol. The van der Waals surface area contributed by atoms with Gasteiger partial charge in [0, 0.05) is 6.20 Å². The van der Waals surface area contributed by atoms with E-state index in [1.54, 1.807) is 6.82 Å². The van der Waals surface area contributed by atoms with E-state index in [2.05, 4.69) is 4.98 Å². The van der Waals surface area contributed by atoms with Gasteiger partial charge in [-0.1, -0.05) is 6.82 Å². The summed E-state index contributed by atoms with van der Waals surface area (Å²) in [6.45, 7) is 0.916. The van der Waals surface area contributed by atoms with Crippen LogP contribution in [0.5, 0.6) is 0 Å². The van der Waals surface area contributed by atoms with E-state index in [4.69, 9.17) is 5.02 Å². The molecule has 0 radical (unpaired) electrons. The van der Waals surface area contributed by atoms with Crippen LogP contribution in [-0.4, -0.2) is 16.9 Å². The van der Waals surface area contributed by atoms with Gasteiger partial charge in [0.05, 0.1) is 6.20 Å². The molecule has 10 heavy (non-hydrogen) atoms. The monoisotopic (exact) mass is 139 g/mol. The minimum absolute atomic E-state index is 0.418. The first-order valence-electron chi connectivity index (χ1n) is 2.98. The zero-order chi connectivity index (χ0) is 7.56. The van der Waals surface area contributed by atoms with Crippen LogP contribution in [0.4, 0.5) is 4.39 Å². The fourth-order valence-electron chi connectivity index (χ4n) is 0.657. The maximum absolute atomic E-state index is 12.4. The van der Waals surface area contributed by atoms with E-state index < -0.39 is 12.7 Å². The summed E-state index contributed by atoms with van der Waals surface area (Å²) >= 11 is 0. The first-order chi connectivity index (χ1) is 4.70. The number of pyridine rings is 1. The number of aromatic nitrogens is 1. The minimum Gasteiger partial charge on any atom is -0.446 e. The van der Waals surface area contributed by atoms with Gasteiger partial charge in [-0.3, -0.25) is 4.98 Å². The maximum atomic E-state index is 12.4. The van der Waals surface area contributed by atoms with E-state index in [1.807, 2.05) is 0 Å². The number of halogens is 1. The van der Waals surface area contributed by atoms with E-state index >= 15 is 0 Å². The van der Waals surface area contributed by atoms with Crippen LogP contribution < -0.4 is 5.46 Å². The average Bonchev–Trinajstić information content (AvgIpc) is 1.88. The maximum Gasteiger partial charge on any atom is 0.322 e. The standard InChI is InChI=1S/C6H7BFNO/c1-7(10)5-2-6(8)4-9-3-5/h2-4,10H,1H3. The van der Waals surface area contributed by atoms with Crippen LogP contribution in [0.25, 0.3) is 0 Å². The molecule has 0 aliphatic rings. The van der Waals surface area contributed by atoms with Crippen LogP contribution in [-0.2, 0) is 0 Å². The highest BCUT2D eigenvalue weighted by Crippen LogP contribution is 1.89. The number of nitrogens with zero attached hydrogens (tertiary/aromatic N) is 1. The molecule has 0 unspecified atom stereocenters. The zero-order valence-corrected chi connectivity index (χ0v) is 5.58. The molecular weight excluding hydrogens is 132 g/mol. The third-order valence-corrected chi connectivity index (χ3v) is 1.21. The molecule has 0 atom stereocenters. The molecule has 1 N–H and O–H groups in total. The van der Waals surface area contributed by atoms with Crippen molar-refractivity contribution >= 4 is 12.4 Å². The summed E-state index contributed by atoms with van der Waals surface area (Å²) in [7, 11) is 0. The van der Waals surface area contributed by atoms with Crippen LogP contribution in [0.1, 0.15) is 0 Å². The fourth-order valence-corrected chi connectivity index (χ4v) is 0.657. The molecule has 1 rings (SSSR count). The lowest BCUT2D eigenvalue weighted by atomic mass is 9.65. The van der Waals surface area contributed by atoms with E-state index in [1.165, 1.54) is 12.3 Å². The van der Waals surface area contributed by atoms with Crippen molar-refractivity contribution in [1.29, 1.82) is 0 Å².